The molecule has 0 bridgehead atoms. The van der Waals surface area contributed by atoms with Gasteiger partial charge in [-0.05, 0) is 42.0 Å². The Kier molecular flexibility index (Phi) is 6.21. The smallest absolute Gasteiger partial charge is 0.335 e. The summed E-state index contributed by atoms with van der Waals surface area (Å²) in [5, 5.41) is 10.3. The molecular weight excluding hydrogens is 451 g/mol. The lowest BCUT2D eigenvalue weighted by Gasteiger charge is -2.42. The predicted molar refractivity (Wildman–Crippen MR) is 125 cm³/mol. The van der Waals surface area contributed by atoms with Gasteiger partial charge in [-0.25, -0.2) is 9.78 Å². The van der Waals surface area contributed by atoms with Crippen LogP contribution < -0.4 is 10.6 Å². The van der Waals surface area contributed by atoms with Crippen molar-refractivity contribution in [2.24, 2.45) is 0 Å². The second-order valence-electron chi connectivity index (χ2n) is 7.46. The maximum Gasteiger partial charge on any atom is 0.335 e. The Labute approximate surface area is 195 Å². The molecule has 0 unspecified atom stereocenters. The fraction of sp³-hybridized carbons (Fsp3) is 0.174. The molecule has 2 aromatic carbocycles. The summed E-state index contributed by atoms with van der Waals surface area (Å²) < 4.78 is 0. The third kappa shape index (κ3) is 4.49. The fourth-order valence-electron chi connectivity index (χ4n) is 3.85. The lowest BCUT2D eigenvalue weighted by atomic mass is 10.0. The highest BCUT2D eigenvalue weighted by Gasteiger charge is 2.33. The van der Waals surface area contributed by atoms with Crippen molar-refractivity contribution in [2.75, 3.05) is 30.3 Å². The lowest BCUT2D eigenvalue weighted by molar-refractivity contribution is 0.0697. The summed E-state index contributed by atoms with van der Waals surface area (Å²) >= 11 is 12.1. The van der Waals surface area contributed by atoms with Gasteiger partial charge in [-0.1, -0.05) is 41.4 Å². The number of piperazine rings is 1. The van der Waals surface area contributed by atoms with E-state index in [9.17, 15) is 14.7 Å². The number of hydrogen-bond acceptors (Lipinski definition) is 5. The molecule has 1 aliphatic heterocycles. The molecule has 1 saturated heterocycles. The topological polar surface area (TPSA) is 99.8 Å². The van der Waals surface area contributed by atoms with E-state index in [2.05, 4.69) is 4.98 Å². The fourth-order valence-corrected chi connectivity index (χ4v) is 4.14. The molecule has 0 aliphatic carbocycles. The van der Waals surface area contributed by atoms with E-state index < -0.39 is 5.97 Å². The zero-order valence-corrected chi connectivity index (χ0v) is 18.4. The molecule has 32 heavy (non-hydrogen) atoms. The molecule has 3 aromatic rings. The maximum absolute atomic E-state index is 13.2. The van der Waals surface area contributed by atoms with Gasteiger partial charge in [0.1, 0.15) is 0 Å². The van der Waals surface area contributed by atoms with Gasteiger partial charge in [0.2, 0.25) is 0 Å². The number of benzene rings is 2. The van der Waals surface area contributed by atoms with Gasteiger partial charge in [-0.15, -0.1) is 0 Å². The van der Waals surface area contributed by atoms with Crippen LogP contribution in [0.5, 0.6) is 0 Å². The van der Waals surface area contributed by atoms with Crippen LogP contribution in [-0.4, -0.2) is 46.5 Å². The number of nitrogen functional groups attached to an aromatic ring is 1. The number of aromatic carboxylic acids is 1. The van der Waals surface area contributed by atoms with Crippen molar-refractivity contribution in [1.82, 2.24) is 9.88 Å². The van der Waals surface area contributed by atoms with Crippen LogP contribution in [0.4, 0.5) is 11.5 Å². The summed E-state index contributed by atoms with van der Waals surface area (Å²) in [5.41, 5.74) is 8.00. The SMILES string of the molecule is Nc1cc(Cl)cnc1N1CCN(C(=O)c2cccc(C(=O)O)c2)C[C@@H]1c1ccc(Cl)cc1. The number of nitrogens with zero attached hydrogens (tertiary/aromatic N) is 3. The van der Waals surface area contributed by atoms with E-state index >= 15 is 0 Å². The Balaban J connectivity index is 1.67. The molecule has 164 valence electrons. The molecule has 1 fully saturated rings. The van der Waals surface area contributed by atoms with Crippen LogP contribution in [0.1, 0.15) is 32.3 Å². The molecule has 1 amide bonds. The molecule has 7 nitrogen and oxygen atoms in total. The van der Waals surface area contributed by atoms with Crippen LogP contribution in [0.25, 0.3) is 0 Å². The number of carboxylic acids is 1. The Hall–Kier alpha value is -3.29. The molecule has 9 heteroatoms. The number of anilines is 2. The van der Waals surface area contributed by atoms with E-state index in [1.165, 1.54) is 12.1 Å². The number of carbonyl (C=O) groups excluding carboxylic acids is 1. The van der Waals surface area contributed by atoms with Gasteiger partial charge >= 0.3 is 5.97 Å². The molecule has 2 heterocycles. The van der Waals surface area contributed by atoms with E-state index in [-0.39, 0.29) is 17.5 Å². The van der Waals surface area contributed by atoms with Gasteiger partial charge in [-0.2, -0.15) is 0 Å². The number of pyridine rings is 1. The third-order valence-electron chi connectivity index (χ3n) is 5.41. The number of hydrogen-bond donors (Lipinski definition) is 2. The quantitative estimate of drug-likeness (QED) is 0.586. The lowest BCUT2D eigenvalue weighted by Crippen LogP contribution is -2.51. The van der Waals surface area contributed by atoms with E-state index in [1.807, 2.05) is 17.0 Å². The minimum Gasteiger partial charge on any atom is -0.478 e. The Morgan fingerprint density at radius 3 is 2.41 bits per heavy atom. The van der Waals surface area contributed by atoms with Crippen LogP contribution in [0.3, 0.4) is 0 Å². The minimum absolute atomic E-state index is 0.0712. The Morgan fingerprint density at radius 1 is 1.00 bits per heavy atom. The number of carbonyl (C=O) groups is 2. The zero-order chi connectivity index (χ0) is 22.8. The molecule has 4 rings (SSSR count). The molecular formula is C23H20Cl2N4O3. The van der Waals surface area contributed by atoms with Gasteiger partial charge in [0.25, 0.3) is 5.91 Å². The van der Waals surface area contributed by atoms with Crippen molar-refractivity contribution < 1.29 is 14.7 Å². The van der Waals surface area contributed by atoms with Crippen LogP contribution in [-0.2, 0) is 0 Å². The number of nitrogens with two attached hydrogens (primary N) is 1. The van der Waals surface area contributed by atoms with Gasteiger partial charge in [0, 0.05) is 36.4 Å². The summed E-state index contributed by atoms with van der Waals surface area (Å²) in [6.07, 6.45) is 1.54. The highest BCUT2D eigenvalue weighted by atomic mass is 35.5. The number of amides is 1. The maximum atomic E-state index is 13.2. The van der Waals surface area contributed by atoms with Crippen molar-refractivity contribution in [3.05, 3.63) is 87.5 Å². The number of rotatable bonds is 4. The molecule has 1 aromatic heterocycles. The van der Waals surface area contributed by atoms with E-state index in [1.54, 1.807) is 41.4 Å². The monoisotopic (exact) mass is 470 g/mol. The average molecular weight is 471 g/mol. The number of carboxylic acid groups (broad SMARTS) is 1. The highest BCUT2D eigenvalue weighted by Crippen LogP contribution is 2.34. The first-order valence-electron chi connectivity index (χ1n) is 9.89. The normalized spacial score (nSPS) is 16.1. The summed E-state index contributed by atoms with van der Waals surface area (Å²) in [6.45, 7) is 1.27. The van der Waals surface area contributed by atoms with E-state index in [0.29, 0.717) is 46.7 Å². The first-order valence-corrected chi connectivity index (χ1v) is 10.6. The molecule has 3 N–H and O–H groups in total. The van der Waals surface area contributed by atoms with Crippen molar-refractivity contribution >= 4 is 46.6 Å². The molecule has 1 atom stereocenters. The summed E-state index contributed by atoms with van der Waals surface area (Å²) in [5.74, 6) is -0.717. The van der Waals surface area contributed by atoms with Crippen molar-refractivity contribution in [1.29, 1.82) is 0 Å². The van der Waals surface area contributed by atoms with Crippen LogP contribution in [0.15, 0.2) is 60.8 Å². The second-order valence-corrected chi connectivity index (χ2v) is 8.34. The molecule has 0 radical (unpaired) electrons. The number of halogens is 2. The van der Waals surface area contributed by atoms with Gasteiger partial charge in [0.15, 0.2) is 5.82 Å². The van der Waals surface area contributed by atoms with E-state index in [4.69, 9.17) is 28.9 Å². The summed E-state index contributed by atoms with van der Waals surface area (Å²) in [7, 11) is 0. The van der Waals surface area contributed by atoms with E-state index in [0.717, 1.165) is 5.56 Å². The van der Waals surface area contributed by atoms with Crippen molar-refractivity contribution in [3.63, 3.8) is 0 Å². The largest absolute Gasteiger partial charge is 0.478 e. The summed E-state index contributed by atoms with van der Waals surface area (Å²) in [6, 6.07) is 14.9. The predicted octanol–water partition coefficient (Wildman–Crippen LogP) is 4.37. The van der Waals surface area contributed by atoms with Crippen LogP contribution >= 0.6 is 23.2 Å². The molecule has 0 spiro atoms. The van der Waals surface area contributed by atoms with Gasteiger partial charge in [-0.3, -0.25) is 4.79 Å². The Bertz CT molecular complexity index is 1170. The highest BCUT2D eigenvalue weighted by molar-refractivity contribution is 6.31. The average Bonchev–Trinajstić information content (AvgIpc) is 2.79. The van der Waals surface area contributed by atoms with Crippen LogP contribution in [0, 0.1) is 0 Å². The third-order valence-corrected chi connectivity index (χ3v) is 5.87. The second kappa shape index (κ2) is 9.06. The molecule has 1 aliphatic rings. The van der Waals surface area contributed by atoms with Crippen molar-refractivity contribution in [3.8, 4) is 0 Å². The number of aromatic nitrogens is 1. The summed E-state index contributed by atoms with van der Waals surface area (Å²) in [4.78, 5) is 32.7. The zero-order valence-electron chi connectivity index (χ0n) is 16.9. The first kappa shape index (κ1) is 21.9. The standard InChI is InChI=1S/C23H20Cl2N4O3/c24-17-6-4-14(5-7-17)20-13-28(22(30)15-2-1-3-16(10-15)23(31)32)8-9-29(20)21-19(26)11-18(25)12-27-21/h1-7,10-12,20H,8-9,13,26H2,(H,31,32)/t20-/m1/s1. The minimum atomic E-state index is -1.08. The molecule has 0 saturated carbocycles. The Morgan fingerprint density at radius 2 is 1.72 bits per heavy atom. The van der Waals surface area contributed by atoms with Gasteiger partial charge in [0.05, 0.1) is 22.3 Å². The van der Waals surface area contributed by atoms with Crippen molar-refractivity contribution in [2.45, 2.75) is 6.04 Å². The van der Waals surface area contributed by atoms with Gasteiger partial charge < -0.3 is 20.6 Å². The van der Waals surface area contributed by atoms with Crippen LogP contribution in [0.2, 0.25) is 10.0 Å². The first-order chi connectivity index (χ1) is 15.3.